The van der Waals surface area contributed by atoms with Crippen LogP contribution in [0.1, 0.15) is 29.2 Å². The summed E-state index contributed by atoms with van der Waals surface area (Å²) in [5.74, 6) is 0.691. The third-order valence-corrected chi connectivity index (χ3v) is 5.87. The minimum Gasteiger partial charge on any atom is -0.485 e. The van der Waals surface area contributed by atoms with Gasteiger partial charge in [-0.05, 0) is 36.8 Å². The topological polar surface area (TPSA) is 67.8 Å². The number of ether oxygens (including phenoxy) is 1. The second kappa shape index (κ2) is 7.48. The van der Waals surface area contributed by atoms with Gasteiger partial charge >= 0.3 is 0 Å². The highest BCUT2D eigenvalue weighted by atomic mass is 32.2. The molecule has 0 fully saturated rings. The van der Waals surface area contributed by atoms with Gasteiger partial charge in [-0.25, -0.2) is 0 Å². The standard InChI is InChI=1S/C22H20N2O3S/c1-16-11-13-18(14-12-16)28(25,26)24-23-20-15-22(17-7-3-2-4-8-17)27-21-10-6-5-9-19(20)21/h2-14,22,24H,15H2,1H3. The molecule has 0 saturated heterocycles. The third-order valence-electron chi connectivity index (χ3n) is 4.65. The Labute approximate surface area is 164 Å². The molecule has 3 aromatic carbocycles. The summed E-state index contributed by atoms with van der Waals surface area (Å²) in [5.41, 5.74) is 3.45. The zero-order valence-electron chi connectivity index (χ0n) is 15.4. The second-order valence-corrected chi connectivity index (χ2v) is 8.34. The molecule has 0 amide bonds. The van der Waals surface area contributed by atoms with Crippen LogP contribution >= 0.6 is 0 Å². The fraction of sp³-hybridized carbons (Fsp3) is 0.136. The summed E-state index contributed by atoms with van der Waals surface area (Å²) in [5, 5.41) is 4.27. The molecule has 28 heavy (non-hydrogen) atoms. The van der Waals surface area contributed by atoms with Crippen molar-refractivity contribution in [2.75, 3.05) is 0 Å². The molecule has 1 N–H and O–H groups in total. The van der Waals surface area contributed by atoms with Crippen molar-refractivity contribution < 1.29 is 13.2 Å². The van der Waals surface area contributed by atoms with Gasteiger partial charge < -0.3 is 4.74 Å². The van der Waals surface area contributed by atoms with Crippen LogP contribution in [0.25, 0.3) is 0 Å². The maximum atomic E-state index is 12.6. The average molecular weight is 392 g/mol. The first kappa shape index (κ1) is 18.3. The average Bonchev–Trinajstić information content (AvgIpc) is 2.73. The lowest BCUT2D eigenvalue weighted by atomic mass is 9.96. The highest BCUT2D eigenvalue weighted by molar-refractivity contribution is 7.89. The van der Waals surface area contributed by atoms with E-state index in [1.165, 1.54) is 0 Å². The Bertz CT molecular complexity index is 1110. The lowest BCUT2D eigenvalue weighted by Crippen LogP contribution is -2.25. The predicted octanol–water partition coefficient (Wildman–Crippen LogP) is 4.20. The molecule has 1 unspecified atom stereocenters. The lowest BCUT2D eigenvalue weighted by molar-refractivity contribution is 0.206. The molecule has 0 bridgehead atoms. The zero-order chi connectivity index (χ0) is 19.6. The second-order valence-electron chi connectivity index (χ2n) is 6.68. The number of benzene rings is 3. The van der Waals surface area contributed by atoms with E-state index in [1.54, 1.807) is 24.3 Å². The Morgan fingerprint density at radius 1 is 0.929 bits per heavy atom. The van der Waals surface area contributed by atoms with Gasteiger partial charge in [0.15, 0.2) is 0 Å². The van der Waals surface area contributed by atoms with Crippen molar-refractivity contribution in [1.82, 2.24) is 4.83 Å². The van der Waals surface area contributed by atoms with Crippen LogP contribution in [-0.4, -0.2) is 14.1 Å². The quantitative estimate of drug-likeness (QED) is 0.677. The van der Waals surface area contributed by atoms with Crippen LogP contribution in [0.5, 0.6) is 5.75 Å². The fourth-order valence-electron chi connectivity index (χ4n) is 3.13. The summed E-state index contributed by atoms with van der Waals surface area (Å²) in [7, 11) is -3.74. The summed E-state index contributed by atoms with van der Waals surface area (Å²) < 4.78 is 31.3. The Morgan fingerprint density at radius 3 is 2.36 bits per heavy atom. The molecule has 5 nitrogen and oxygen atoms in total. The molecule has 0 radical (unpaired) electrons. The van der Waals surface area contributed by atoms with E-state index in [9.17, 15) is 8.42 Å². The van der Waals surface area contributed by atoms with Crippen molar-refractivity contribution in [2.45, 2.75) is 24.3 Å². The number of nitrogens with one attached hydrogen (secondary N) is 1. The van der Waals surface area contributed by atoms with Gasteiger partial charge in [0.2, 0.25) is 0 Å². The van der Waals surface area contributed by atoms with E-state index in [0.717, 1.165) is 16.7 Å². The Balaban J connectivity index is 1.66. The van der Waals surface area contributed by atoms with Crippen LogP contribution in [0.2, 0.25) is 0 Å². The first-order valence-electron chi connectivity index (χ1n) is 8.99. The van der Waals surface area contributed by atoms with Crippen LogP contribution in [-0.2, 0) is 10.0 Å². The molecule has 142 valence electrons. The Morgan fingerprint density at radius 2 is 1.61 bits per heavy atom. The van der Waals surface area contributed by atoms with Crippen molar-refractivity contribution >= 4 is 15.7 Å². The van der Waals surface area contributed by atoms with Gasteiger partial charge in [0.25, 0.3) is 10.0 Å². The van der Waals surface area contributed by atoms with Gasteiger partial charge in [-0.1, -0.05) is 60.2 Å². The van der Waals surface area contributed by atoms with Crippen LogP contribution in [0.3, 0.4) is 0 Å². The Kier molecular flexibility index (Phi) is 4.88. The summed E-state index contributed by atoms with van der Waals surface area (Å²) >= 11 is 0. The molecular formula is C22H20N2O3S. The number of nitrogens with zero attached hydrogens (tertiary/aromatic N) is 1. The normalized spacial score (nSPS) is 17.6. The summed E-state index contributed by atoms with van der Waals surface area (Å²) in [6, 6.07) is 24.0. The number of hydrazone groups is 1. The molecule has 0 spiro atoms. The number of aryl methyl sites for hydroxylation is 1. The molecule has 0 aromatic heterocycles. The molecule has 0 saturated carbocycles. The molecule has 1 aliphatic heterocycles. The third kappa shape index (κ3) is 3.77. The van der Waals surface area contributed by atoms with Crippen molar-refractivity contribution in [3.63, 3.8) is 0 Å². The minimum absolute atomic E-state index is 0.183. The summed E-state index contributed by atoms with van der Waals surface area (Å²) in [4.78, 5) is 2.56. The van der Waals surface area contributed by atoms with E-state index in [0.29, 0.717) is 17.9 Å². The number of hydrogen-bond donors (Lipinski definition) is 1. The highest BCUT2D eigenvalue weighted by Crippen LogP contribution is 2.35. The number of fused-ring (bicyclic) bond motifs is 1. The van der Waals surface area contributed by atoms with Gasteiger partial charge in [-0.3, -0.25) is 0 Å². The van der Waals surface area contributed by atoms with Crippen LogP contribution in [0, 0.1) is 6.92 Å². The van der Waals surface area contributed by atoms with Crippen LogP contribution in [0.15, 0.2) is 88.9 Å². The van der Waals surface area contributed by atoms with E-state index < -0.39 is 10.0 Å². The highest BCUT2D eigenvalue weighted by Gasteiger charge is 2.26. The molecule has 6 heteroatoms. The fourth-order valence-corrected chi connectivity index (χ4v) is 3.96. The van der Waals surface area contributed by atoms with Gasteiger partial charge in [0, 0.05) is 12.0 Å². The summed E-state index contributed by atoms with van der Waals surface area (Å²) in [6.45, 7) is 1.91. The zero-order valence-corrected chi connectivity index (χ0v) is 16.2. The molecule has 1 heterocycles. The van der Waals surface area contributed by atoms with Crippen molar-refractivity contribution in [3.05, 3.63) is 95.6 Å². The van der Waals surface area contributed by atoms with Gasteiger partial charge in [-0.15, -0.1) is 0 Å². The molecule has 0 aliphatic carbocycles. The Hall–Kier alpha value is -3.12. The van der Waals surface area contributed by atoms with Crippen LogP contribution < -0.4 is 9.57 Å². The first-order chi connectivity index (χ1) is 13.5. The molecular weight excluding hydrogens is 372 g/mol. The van der Waals surface area contributed by atoms with Gasteiger partial charge in [0.05, 0.1) is 10.6 Å². The van der Waals surface area contributed by atoms with Crippen molar-refractivity contribution in [3.8, 4) is 5.75 Å². The largest absolute Gasteiger partial charge is 0.485 e. The van der Waals surface area contributed by atoms with Crippen molar-refractivity contribution in [2.24, 2.45) is 5.10 Å². The molecule has 4 rings (SSSR count). The smallest absolute Gasteiger partial charge is 0.276 e. The SMILES string of the molecule is Cc1ccc(S(=O)(=O)NN=C2CC(c3ccccc3)Oc3ccccc32)cc1. The van der Waals surface area contributed by atoms with E-state index in [4.69, 9.17) is 4.74 Å². The molecule has 1 aliphatic rings. The summed E-state index contributed by atoms with van der Waals surface area (Å²) in [6.07, 6.45) is 0.246. The van der Waals surface area contributed by atoms with Crippen LogP contribution in [0.4, 0.5) is 0 Å². The van der Waals surface area contributed by atoms with E-state index in [1.807, 2.05) is 61.5 Å². The number of hydrogen-bond acceptors (Lipinski definition) is 4. The predicted molar refractivity (Wildman–Crippen MR) is 109 cm³/mol. The minimum atomic E-state index is -3.74. The van der Waals surface area contributed by atoms with Crippen molar-refractivity contribution in [1.29, 1.82) is 0 Å². The number of para-hydroxylation sites is 1. The molecule has 1 atom stereocenters. The molecule has 3 aromatic rings. The first-order valence-corrected chi connectivity index (χ1v) is 10.5. The maximum Gasteiger partial charge on any atom is 0.276 e. The van der Waals surface area contributed by atoms with Gasteiger partial charge in [0.1, 0.15) is 11.9 Å². The van der Waals surface area contributed by atoms with E-state index >= 15 is 0 Å². The van der Waals surface area contributed by atoms with E-state index in [2.05, 4.69) is 9.93 Å². The number of rotatable bonds is 4. The van der Waals surface area contributed by atoms with Gasteiger partial charge in [-0.2, -0.15) is 18.4 Å². The van der Waals surface area contributed by atoms with E-state index in [-0.39, 0.29) is 11.0 Å². The monoisotopic (exact) mass is 392 g/mol. The lowest BCUT2D eigenvalue weighted by Gasteiger charge is -2.27. The maximum absolute atomic E-state index is 12.6. The number of sulfonamides is 1.